The average Bonchev–Trinajstić information content (AvgIpc) is 3.46. The van der Waals surface area contributed by atoms with Crippen LogP contribution in [0.2, 0.25) is 0 Å². The van der Waals surface area contributed by atoms with E-state index in [1.807, 2.05) is 0 Å². The number of fused-ring (bicyclic) bond motifs is 5. The van der Waals surface area contributed by atoms with E-state index in [-0.39, 0.29) is 32.4 Å². The van der Waals surface area contributed by atoms with Crippen molar-refractivity contribution in [2.75, 3.05) is 39.5 Å². The third kappa shape index (κ3) is 6.15. The van der Waals surface area contributed by atoms with E-state index in [1.54, 1.807) is 6.92 Å². The molecule has 0 aliphatic heterocycles. The number of nitrogens with one attached hydrogen (secondary N) is 3. The van der Waals surface area contributed by atoms with Gasteiger partial charge in [-0.05, 0) is 74.5 Å². The first-order valence-electron chi connectivity index (χ1n) is 11.8. The monoisotopic (exact) mass is 451 g/mol. The minimum Gasteiger partial charge on any atom is -0.459 e. The van der Waals surface area contributed by atoms with Gasteiger partial charge in [0.15, 0.2) is 0 Å². The lowest BCUT2D eigenvalue weighted by Gasteiger charge is -2.35. The molecule has 9 nitrogen and oxygen atoms in total. The summed E-state index contributed by atoms with van der Waals surface area (Å²) in [6, 6.07) is -0.210. The molecular weight excluding hydrogens is 414 g/mol. The van der Waals surface area contributed by atoms with Gasteiger partial charge in [-0.25, -0.2) is 14.4 Å². The number of rotatable bonds is 11. The Morgan fingerprint density at radius 2 is 1.75 bits per heavy atom. The molecule has 3 saturated carbocycles. The van der Waals surface area contributed by atoms with E-state index in [1.165, 1.54) is 25.7 Å². The lowest BCUT2D eigenvalue weighted by molar-refractivity contribution is -0.139. The molecule has 32 heavy (non-hydrogen) atoms. The molecule has 0 aromatic carbocycles. The SMILES string of the molecule is C=C(C)C(=O)OCCOC(=O)NCCC1CCC2C3CC(CNC(=O)NCCO)C(C3)C12. The minimum absolute atomic E-state index is 0.0159. The molecular formula is C23H37N3O6. The Kier molecular flexibility index (Phi) is 8.78. The molecule has 3 rings (SSSR count). The predicted octanol–water partition coefficient (Wildman–Crippen LogP) is 1.81. The van der Waals surface area contributed by atoms with Crippen molar-refractivity contribution in [3.8, 4) is 0 Å². The van der Waals surface area contributed by atoms with Crippen LogP contribution in [0.4, 0.5) is 9.59 Å². The highest BCUT2D eigenvalue weighted by Crippen LogP contribution is 2.63. The fraction of sp³-hybridized carbons (Fsp3) is 0.783. The fourth-order valence-electron chi connectivity index (χ4n) is 6.21. The number of amides is 3. The molecule has 2 bridgehead atoms. The molecule has 6 atom stereocenters. The van der Waals surface area contributed by atoms with E-state index >= 15 is 0 Å². The summed E-state index contributed by atoms with van der Waals surface area (Å²) in [6.45, 7) is 6.56. The van der Waals surface area contributed by atoms with Crippen LogP contribution in [0.25, 0.3) is 0 Å². The summed E-state index contributed by atoms with van der Waals surface area (Å²) in [7, 11) is 0. The first-order chi connectivity index (χ1) is 15.4. The Labute approximate surface area is 189 Å². The molecule has 3 fully saturated rings. The number of esters is 1. The molecule has 0 radical (unpaired) electrons. The highest BCUT2D eigenvalue weighted by Gasteiger charge is 2.56. The van der Waals surface area contributed by atoms with Crippen LogP contribution in [-0.2, 0) is 14.3 Å². The average molecular weight is 452 g/mol. The third-order valence-corrected chi connectivity index (χ3v) is 7.40. The van der Waals surface area contributed by atoms with E-state index in [9.17, 15) is 14.4 Å². The van der Waals surface area contributed by atoms with Gasteiger partial charge in [-0.2, -0.15) is 0 Å². The van der Waals surface area contributed by atoms with Crippen molar-refractivity contribution >= 4 is 18.1 Å². The standard InChI is InChI=1S/C23H37N3O6/c1-14(2)21(28)31-9-10-32-23(30)25-6-5-15-3-4-18-16-11-17(19(12-16)20(15)18)13-26-22(29)24-7-8-27/h15-20,27H,1,3-13H2,2H3,(H,25,30)(H2,24,26,29). The topological polar surface area (TPSA) is 126 Å². The van der Waals surface area contributed by atoms with Gasteiger partial charge in [-0.3, -0.25) is 0 Å². The second-order valence-corrected chi connectivity index (χ2v) is 9.36. The molecule has 9 heteroatoms. The number of alkyl carbamates (subject to hydrolysis) is 1. The molecule has 0 aromatic rings. The number of carbonyl (C=O) groups excluding carboxylic acids is 3. The molecule has 3 aliphatic rings. The number of urea groups is 1. The van der Waals surface area contributed by atoms with Crippen molar-refractivity contribution < 1.29 is 29.0 Å². The number of carbonyl (C=O) groups is 3. The Hall–Kier alpha value is -2.29. The Balaban J connectivity index is 1.35. The van der Waals surface area contributed by atoms with Crippen LogP contribution in [0.3, 0.4) is 0 Å². The van der Waals surface area contributed by atoms with E-state index in [4.69, 9.17) is 14.6 Å². The summed E-state index contributed by atoms with van der Waals surface area (Å²) in [4.78, 5) is 35.0. The van der Waals surface area contributed by atoms with E-state index in [0.717, 1.165) is 18.3 Å². The fourth-order valence-corrected chi connectivity index (χ4v) is 6.21. The van der Waals surface area contributed by atoms with Crippen LogP contribution in [0, 0.1) is 35.5 Å². The number of hydrogen-bond donors (Lipinski definition) is 4. The van der Waals surface area contributed by atoms with Gasteiger partial charge >= 0.3 is 18.1 Å². The van der Waals surface area contributed by atoms with Gasteiger partial charge in [-0.15, -0.1) is 0 Å². The smallest absolute Gasteiger partial charge is 0.407 e. The highest BCUT2D eigenvalue weighted by atomic mass is 16.6. The zero-order valence-corrected chi connectivity index (χ0v) is 18.9. The van der Waals surface area contributed by atoms with Crippen LogP contribution in [0.1, 0.15) is 39.0 Å². The summed E-state index contributed by atoms with van der Waals surface area (Å²) >= 11 is 0. The van der Waals surface area contributed by atoms with Gasteiger partial charge in [0.25, 0.3) is 0 Å². The summed E-state index contributed by atoms with van der Waals surface area (Å²) in [5, 5.41) is 17.2. The Bertz CT molecular complexity index is 699. The predicted molar refractivity (Wildman–Crippen MR) is 118 cm³/mol. The van der Waals surface area contributed by atoms with Gasteiger partial charge in [0, 0.05) is 25.2 Å². The third-order valence-electron chi connectivity index (χ3n) is 7.40. The maximum Gasteiger partial charge on any atom is 0.407 e. The van der Waals surface area contributed by atoms with Crippen LogP contribution in [0.15, 0.2) is 12.2 Å². The molecule has 3 aliphatic carbocycles. The maximum absolute atomic E-state index is 11.9. The number of aliphatic hydroxyl groups excluding tert-OH is 1. The Morgan fingerprint density at radius 3 is 2.50 bits per heavy atom. The lowest BCUT2D eigenvalue weighted by Crippen LogP contribution is -2.42. The molecule has 6 unspecified atom stereocenters. The normalized spacial score (nSPS) is 29.8. The molecule has 4 N–H and O–H groups in total. The number of aliphatic hydroxyl groups is 1. The molecule has 3 amide bonds. The van der Waals surface area contributed by atoms with Gasteiger partial charge < -0.3 is 30.5 Å². The first kappa shape index (κ1) is 24.4. The largest absolute Gasteiger partial charge is 0.459 e. The quantitative estimate of drug-likeness (QED) is 0.216. The van der Waals surface area contributed by atoms with E-state index in [2.05, 4.69) is 22.5 Å². The van der Waals surface area contributed by atoms with Crippen molar-refractivity contribution in [3.05, 3.63) is 12.2 Å². The van der Waals surface area contributed by atoms with Crippen LogP contribution >= 0.6 is 0 Å². The summed E-state index contributed by atoms with van der Waals surface area (Å²) in [6.07, 6.45) is 5.36. The van der Waals surface area contributed by atoms with Gasteiger partial charge in [0.05, 0.1) is 6.61 Å². The van der Waals surface area contributed by atoms with Crippen molar-refractivity contribution in [2.45, 2.75) is 39.0 Å². The maximum atomic E-state index is 11.9. The van der Waals surface area contributed by atoms with Crippen molar-refractivity contribution in [1.82, 2.24) is 16.0 Å². The molecule has 0 spiro atoms. The number of hydrogen-bond acceptors (Lipinski definition) is 6. The van der Waals surface area contributed by atoms with E-state index in [0.29, 0.717) is 42.3 Å². The molecule has 0 aromatic heterocycles. The second kappa shape index (κ2) is 11.5. The van der Waals surface area contributed by atoms with Gasteiger partial charge in [0.2, 0.25) is 0 Å². The molecule has 180 valence electrons. The summed E-state index contributed by atoms with van der Waals surface area (Å²) < 4.78 is 9.95. The van der Waals surface area contributed by atoms with Crippen molar-refractivity contribution in [1.29, 1.82) is 0 Å². The van der Waals surface area contributed by atoms with Crippen molar-refractivity contribution in [3.63, 3.8) is 0 Å². The second-order valence-electron chi connectivity index (χ2n) is 9.36. The lowest BCUT2D eigenvalue weighted by atomic mass is 9.72. The molecule has 0 heterocycles. The molecule has 0 saturated heterocycles. The first-order valence-corrected chi connectivity index (χ1v) is 11.8. The summed E-state index contributed by atoms with van der Waals surface area (Å²) in [5.74, 6) is 3.50. The Morgan fingerprint density at radius 1 is 0.969 bits per heavy atom. The van der Waals surface area contributed by atoms with Gasteiger partial charge in [0.1, 0.15) is 13.2 Å². The zero-order chi connectivity index (χ0) is 23.1. The van der Waals surface area contributed by atoms with Crippen LogP contribution in [0.5, 0.6) is 0 Å². The summed E-state index contributed by atoms with van der Waals surface area (Å²) in [5.41, 5.74) is 0.313. The number of ether oxygens (including phenoxy) is 2. The zero-order valence-electron chi connectivity index (χ0n) is 18.9. The van der Waals surface area contributed by atoms with Crippen LogP contribution in [-0.4, -0.2) is 62.7 Å². The highest BCUT2D eigenvalue weighted by molar-refractivity contribution is 5.86. The van der Waals surface area contributed by atoms with E-state index < -0.39 is 12.1 Å². The van der Waals surface area contributed by atoms with Crippen molar-refractivity contribution in [2.24, 2.45) is 35.5 Å². The van der Waals surface area contributed by atoms with Gasteiger partial charge in [-0.1, -0.05) is 6.58 Å². The van der Waals surface area contributed by atoms with Crippen LogP contribution < -0.4 is 16.0 Å². The minimum atomic E-state index is -0.491.